The molecular formula is C16H19FN8O2. The number of halogens is 1. The Kier molecular flexibility index (Phi) is 4.62. The quantitative estimate of drug-likeness (QED) is 0.595. The molecule has 2 heterocycles. The first-order chi connectivity index (χ1) is 12.6. The minimum absolute atomic E-state index is 0.00547. The number of hydrogen-bond donors (Lipinski definition) is 3. The molecule has 10 nitrogen and oxygen atoms in total. The van der Waals surface area contributed by atoms with E-state index in [9.17, 15) is 14.3 Å². The number of aryl methyl sites for hydroxylation is 1. The number of hydrogen-bond acceptors (Lipinski definition) is 8. The number of anilines is 3. The van der Waals surface area contributed by atoms with Gasteiger partial charge in [0, 0.05) is 5.69 Å². The van der Waals surface area contributed by atoms with E-state index in [1.807, 2.05) is 6.92 Å². The smallest absolute Gasteiger partial charge is 0.368 e. The van der Waals surface area contributed by atoms with Gasteiger partial charge in [0.15, 0.2) is 11.6 Å². The van der Waals surface area contributed by atoms with E-state index in [0.717, 1.165) is 21.1 Å². The zero-order valence-corrected chi connectivity index (χ0v) is 15.0. The second-order valence-corrected chi connectivity index (χ2v) is 6.70. The number of tetrazole rings is 1. The molecule has 0 saturated heterocycles. The summed E-state index contributed by atoms with van der Waals surface area (Å²) in [4.78, 5) is 20.2. The van der Waals surface area contributed by atoms with Gasteiger partial charge in [0.2, 0.25) is 5.95 Å². The summed E-state index contributed by atoms with van der Waals surface area (Å²) in [5, 5.41) is 20.5. The molecule has 3 aromatic rings. The van der Waals surface area contributed by atoms with Crippen molar-refractivity contribution >= 4 is 17.5 Å². The fourth-order valence-electron chi connectivity index (χ4n) is 2.38. The van der Waals surface area contributed by atoms with E-state index >= 15 is 0 Å². The van der Waals surface area contributed by atoms with Crippen LogP contribution in [0.2, 0.25) is 0 Å². The number of aliphatic hydroxyl groups is 1. The first-order valence-electron chi connectivity index (χ1n) is 8.05. The monoisotopic (exact) mass is 374 g/mol. The zero-order chi connectivity index (χ0) is 19.8. The Bertz CT molecular complexity index is 1040. The van der Waals surface area contributed by atoms with Gasteiger partial charge in [-0.2, -0.15) is 14.3 Å². The molecule has 0 saturated carbocycles. The first kappa shape index (κ1) is 18.5. The van der Waals surface area contributed by atoms with Crippen LogP contribution >= 0.6 is 0 Å². The summed E-state index contributed by atoms with van der Waals surface area (Å²) in [6, 6.07) is 5.17. The van der Waals surface area contributed by atoms with Gasteiger partial charge in [0.25, 0.3) is 0 Å². The Morgan fingerprint density at radius 3 is 2.74 bits per heavy atom. The van der Waals surface area contributed by atoms with Crippen LogP contribution in [0.5, 0.6) is 0 Å². The second-order valence-electron chi connectivity index (χ2n) is 6.70. The average Bonchev–Trinajstić information content (AvgIpc) is 2.92. The second kappa shape index (κ2) is 6.76. The van der Waals surface area contributed by atoms with Gasteiger partial charge in [0.05, 0.1) is 24.0 Å². The molecule has 11 heteroatoms. The van der Waals surface area contributed by atoms with E-state index in [4.69, 9.17) is 5.73 Å². The van der Waals surface area contributed by atoms with E-state index < -0.39 is 17.1 Å². The summed E-state index contributed by atoms with van der Waals surface area (Å²) in [6.07, 6.45) is 0.965. The molecule has 2 aromatic heterocycles. The normalized spacial score (nSPS) is 11.6. The number of nitrogens with zero attached hydrogens (tertiary/aromatic N) is 6. The summed E-state index contributed by atoms with van der Waals surface area (Å²) in [6.45, 7) is 4.96. The first-order valence-corrected chi connectivity index (χ1v) is 8.05. The van der Waals surface area contributed by atoms with Crippen LogP contribution in [0, 0.1) is 12.7 Å². The minimum atomic E-state index is -1.11. The summed E-state index contributed by atoms with van der Waals surface area (Å²) >= 11 is 0. The molecule has 0 radical (unpaired) electrons. The molecule has 0 bridgehead atoms. The number of nitrogens with two attached hydrogens (primary N) is 1. The van der Waals surface area contributed by atoms with Crippen LogP contribution in [0.4, 0.5) is 21.8 Å². The van der Waals surface area contributed by atoms with Crippen molar-refractivity contribution in [3.63, 3.8) is 0 Å². The lowest BCUT2D eigenvalue weighted by atomic mass is 10.1. The molecule has 0 spiro atoms. The van der Waals surface area contributed by atoms with E-state index in [1.54, 1.807) is 32.0 Å². The third-order valence-electron chi connectivity index (χ3n) is 3.64. The highest BCUT2D eigenvalue weighted by Gasteiger charge is 2.19. The van der Waals surface area contributed by atoms with Gasteiger partial charge in [-0.15, -0.1) is 0 Å². The van der Waals surface area contributed by atoms with Crippen LogP contribution in [0.1, 0.15) is 19.4 Å². The van der Waals surface area contributed by atoms with Crippen LogP contribution in [0.15, 0.2) is 29.2 Å². The third-order valence-corrected chi connectivity index (χ3v) is 3.64. The molecular weight excluding hydrogens is 355 g/mol. The van der Waals surface area contributed by atoms with Gasteiger partial charge in [-0.1, -0.05) is 6.07 Å². The Labute approximate surface area is 153 Å². The molecule has 4 N–H and O–H groups in total. The lowest BCUT2D eigenvalue weighted by molar-refractivity contribution is 0.0560. The van der Waals surface area contributed by atoms with Gasteiger partial charge in [-0.05, 0) is 48.9 Å². The lowest BCUT2D eigenvalue weighted by Gasteiger charge is -2.14. The highest BCUT2D eigenvalue weighted by atomic mass is 19.1. The molecule has 0 fully saturated rings. The highest BCUT2D eigenvalue weighted by molar-refractivity contribution is 5.60. The van der Waals surface area contributed by atoms with Crippen molar-refractivity contribution in [3.05, 3.63) is 46.3 Å². The Morgan fingerprint density at radius 2 is 2.07 bits per heavy atom. The molecule has 0 atom stereocenters. The van der Waals surface area contributed by atoms with Crippen molar-refractivity contribution in [2.45, 2.75) is 32.9 Å². The SMILES string of the molecule is Cc1ccc(Nc2ncc(F)c(N)n2)cc1-n1nnn(CC(C)(C)O)c1=O. The van der Waals surface area contributed by atoms with Gasteiger partial charge in [0.1, 0.15) is 0 Å². The maximum atomic E-state index is 13.2. The summed E-state index contributed by atoms with van der Waals surface area (Å²) in [7, 11) is 0. The van der Waals surface area contributed by atoms with Crippen molar-refractivity contribution in [2.24, 2.45) is 0 Å². The molecule has 0 aliphatic heterocycles. The van der Waals surface area contributed by atoms with Gasteiger partial charge >= 0.3 is 5.69 Å². The van der Waals surface area contributed by atoms with Crippen LogP contribution in [-0.4, -0.2) is 40.5 Å². The maximum absolute atomic E-state index is 13.2. The van der Waals surface area contributed by atoms with Crippen LogP contribution in [0.3, 0.4) is 0 Å². The number of rotatable bonds is 5. The van der Waals surface area contributed by atoms with Crippen LogP contribution < -0.4 is 16.7 Å². The Balaban J connectivity index is 1.94. The molecule has 0 aliphatic carbocycles. The minimum Gasteiger partial charge on any atom is -0.389 e. The van der Waals surface area contributed by atoms with Gasteiger partial charge < -0.3 is 16.2 Å². The molecule has 0 aliphatic rings. The van der Waals surface area contributed by atoms with Gasteiger partial charge in [-0.3, -0.25) is 0 Å². The summed E-state index contributed by atoms with van der Waals surface area (Å²) in [5.74, 6) is -0.868. The van der Waals surface area contributed by atoms with Crippen LogP contribution in [-0.2, 0) is 6.54 Å². The largest absolute Gasteiger partial charge is 0.389 e. The van der Waals surface area contributed by atoms with Crippen LogP contribution in [0.25, 0.3) is 5.69 Å². The van der Waals surface area contributed by atoms with E-state index in [2.05, 4.69) is 25.7 Å². The molecule has 3 rings (SSSR count). The number of aromatic nitrogens is 6. The van der Waals surface area contributed by atoms with Crippen molar-refractivity contribution < 1.29 is 9.50 Å². The molecule has 27 heavy (non-hydrogen) atoms. The number of nitrogen functional groups attached to an aromatic ring is 1. The number of benzene rings is 1. The van der Waals surface area contributed by atoms with E-state index in [0.29, 0.717) is 11.4 Å². The van der Waals surface area contributed by atoms with Crippen molar-refractivity contribution in [1.82, 2.24) is 29.8 Å². The molecule has 1 aromatic carbocycles. The Morgan fingerprint density at radius 1 is 1.33 bits per heavy atom. The fourth-order valence-corrected chi connectivity index (χ4v) is 2.38. The predicted molar refractivity (Wildman–Crippen MR) is 96.3 cm³/mol. The molecule has 142 valence electrons. The van der Waals surface area contributed by atoms with Crippen molar-refractivity contribution in [1.29, 1.82) is 0 Å². The Hall–Kier alpha value is -3.34. The summed E-state index contributed by atoms with van der Waals surface area (Å²) < 4.78 is 15.4. The predicted octanol–water partition coefficient (Wildman–Crippen LogP) is 0.763. The topological polar surface area (TPSA) is 137 Å². The standard InChI is InChI=1S/C16H19FN8O2/c1-9-4-5-10(20-14-19-7-11(17)13(18)21-14)6-12(9)25-15(26)24(22-23-25)8-16(2,3)27/h4-7,27H,8H2,1-3H3,(H3,18,19,20,21). The molecule has 0 amide bonds. The molecule has 0 unspecified atom stereocenters. The summed E-state index contributed by atoms with van der Waals surface area (Å²) in [5.41, 5.74) is 5.66. The number of nitrogens with one attached hydrogen (secondary N) is 1. The highest BCUT2D eigenvalue weighted by Crippen LogP contribution is 2.20. The zero-order valence-electron chi connectivity index (χ0n) is 15.0. The maximum Gasteiger partial charge on any atom is 0.368 e. The van der Waals surface area contributed by atoms with Crippen molar-refractivity contribution in [3.8, 4) is 5.69 Å². The third kappa shape index (κ3) is 4.08. The van der Waals surface area contributed by atoms with E-state index in [1.165, 1.54) is 0 Å². The van der Waals surface area contributed by atoms with Crippen molar-refractivity contribution in [2.75, 3.05) is 11.1 Å². The van der Waals surface area contributed by atoms with E-state index in [-0.39, 0.29) is 18.3 Å². The average molecular weight is 374 g/mol. The fraction of sp³-hybridized carbons (Fsp3) is 0.312. The van der Waals surface area contributed by atoms with Gasteiger partial charge in [-0.25, -0.2) is 14.2 Å². The lowest BCUT2D eigenvalue weighted by Crippen LogP contribution is -2.34.